The van der Waals surface area contributed by atoms with E-state index in [-0.39, 0.29) is 11.9 Å². The Hall–Kier alpha value is -1.06. The number of carbonyl (C=O) groups excluding carboxylic acids is 1. The van der Waals surface area contributed by atoms with Gasteiger partial charge in [0.05, 0.1) is 10.7 Å². The summed E-state index contributed by atoms with van der Waals surface area (Å²) in [6.45, 7) is 3.90. The Balaban J connectivity index is 2.47. The van der Waals surface area contributed by atoms with Crippen molar-refractivity contribution in [2.75, 3.05) is 5.32 Å². The fourth-order valence-electron chi connectivity index (χ4n) is 1.53. The summed E-state index contributed by atoms with van der Waals surface area (Å²) in [5, 5.41) is 3.38. The molecule has 4 heteroatoms. The Kier molecular flexibility index (Phi) is 5.45. The molecule has 1 aromatic carbocycles. The zero-order chi connectivity index (χ0) is 12.8. The molecule has 0 spiro atoms. The van der Waals surface area contributed by atoms with Crippen molar-refractivity contribution in [3.05, 3.63) is 28.8 Å². The molecule has 1 amide bonds. The molecular weight excluding hydrogens is 236 g/mol. The van der Waals surface area contributed by atoms with E-state index >= 15 is 0 Å². The summed E-state index contributed by atoms with van der Waals surface area (Å²) in [6.07, 6.45) is 2.13. The molecule has 0 heterocycles. The van der Waals surface area contributed by atoms with Crippen molar-refractivity contribution in [3.8, 4) is 0 Å². The number of anilines is 1. The first-order chi connectivity index (χ1) is 7.99. The second-order valence-corrected chi connectivity index (χ2v) is 4.81. The first kappa shape index (κ1) is 14.0. The van der Waals surface area contributed by atoms with Gasteiger partial charge in [0.15, 0.2) is 0 Å². The number of rotatable bonds is 5. The van der Waals surface area contributed by atoms with Crippen LogP contribution in [-0.4, -0.2) is 11.9 Å². The van der Waals surface area contributed by atoms with E-state index in [1.807, 2.05) is 26.0 Å². The number of benzene rings is 1. The molecule has 0 bridgehead atoms. The minimum Gasteiger partial charge on any atom is -0.328 e. The summed E-state index contributed by atoms with van der Waals surface area (Å²) in [4.78, 5) is 11.6. The molecule has 0 radical (unpaired) electrons. The lowest BCUT2D eigenvalue weighted by Gasteiger charge is -2.08. The van der Waals surface area contributed by atoms with Crippen molar-refractivity contribution in [2.45, 2.75) is 39.2 Å². The molecule has 0 aliphatic heterocycles. The van der Waals surface area contributed by atoms with Crippen LogP contribution in [0.15, 0.2) is 18.2 Å². The lowest BCUT2D eigenvalue weighted by atomic mass is 10.1. The van der Waals surface area contributed by atoms with Crippen LogP contribution in [-0.2, 0) is 4.79 Å². The Morgan fingerprint density at radius 2 is 2.24 bits per heavy atom. The van der Waals surface area contributed by atoms with E-state index in [0.29, 0.717) is 17.1 Å². The molecule has 0 saturated carbocycles. The van der Waals surface area contributed by atoms with Gasteiger partial charge in [-0.25, -0.2) is 0 Å². The summed E-state index contributed by atoms with van der Waals surface area (Å²) >= 11 is 5.99. The molecule has 94 valence electrons. The topological polar surface area (TPSA) is 55.1 Å². The zero-order valence-electron chi connectivity index (χ0n) is 10.3. The van der Waals surface area contributed by atoms with Gasteiger partial charge in [0.2, 0.25) is 5.91 Å². The summed E-state index contributed by atoms with van der Waals surface area (Å²) in [5.41, 5.74) is 7.37. The number of hydrogen-bond donors (Lipinski definition) is 2. The van der Waals surface area contributed by atoms with Gasteiger partial charge < -0.3 is 11.1 Å². The van der Waals surface area contributed by atoms with Gasteiger partial charge in [-0.2, -0.15) is 0 Å². The van der Waals surface area contributed by atoms with E-state index in [2.05, 4.69) is 5.32 Å². The van der Waals surface area contributed by atoms with E-state index < -0.39 is 0 Å². The number of aryl methyl sites for hydroxylation is 1. The maximum atomic E-state index is 11.6. The maximum Gasteiger partial charge on any atom is 0.224 e. The largest absolute Gasteiger partial charge is 0.328 e. The van der Waals surface area contributed by atoms with Crippen molar-refractivity contribution in [3.63, 3.8) is 0 Å². The number of nitrogens with one attached hydrogen (secondary N) is 1. The summed E-state index contributed by atoms with van der Waals surface area (Å²) < 4.78 is 0. The molecular formula is C13H19ClN2O. The van der Waals surface area contributed by atoms with Crippen molar-refractivity contribution >= 4 is 23.2 Å². The molecule has 0 aromatic heterocycles. The Morgan fingerprint density at radius 3 is 2.88 bits per heavy atom. The molecule has 1 aromatic rings. The van der Waals surface area contributed by atoms with Gasteiger partial charge in [-0.15, -0.1) is 0 Å². The van der Waals surface area contributed by atoms with Gasteiger partial charge in [-0.3, -0.25) is 4.79 Å². The van der Waals surface area contributed by atoms with Crippen LogP contribution in [0.3, 0.4) is 0 Å². The maximum absolute atomic E-state index is 11.6. The predicted molar refractivity (Wildman–Crippen MR) is 72.3 cm³/mol. The Labute approximate surface area is 107 Å². The second kappa shape index (κ2) is 6.62. The average Bonchev–Trinajstić information content (AvgIpc) is 2.23. The zero-order valence-corrected chi connectivity index (χ0v) is 11.1. The van der Waals surface area contributed by atoms with Crippen LogP contribution < -0.4 is 11.1 Å². The Bertz CT molecular complexity index is 391. The van der Waals surface area contributed by atoms with Gasteiger partial charge in [0, 0.05) is 12.5 Å². The van der Waals surface area contributed by atoms with Gasteiger partial charge in [-0.1, -0.05) is 17.7 Å². The van der Waals surface area contributed by atoms with Crippen LogP contribution >= 0.6 is 11.6 Å². The standard InChI is InChI=1S/C13H19ClN2O/c1-9-6-7-11(14)12(8-9)16-13(17)5-3-4-10(2)15/h6-8,10H,3-5,15H2,1-2H3,(H,16,17). The average molecular weight is 255 g/mol. The van der Waals surface area contributed by atoms with E-state index in [1.165, 1.54) is 0 Å². The van der Waals surface area contributed by atoms with Crippen LogP contribution in [0.25, 0.3) is 0 Å². The molecule has 3 nitrogen and oxygen atoms in total. The van der Waals surface area contributed by atoms with Gasteiger partial charge in [0.1, 0.15) is 0 Å². The fraction of sp³-hybridized carbons (Fsp3) is 0.462. The van der Waals surface area contributed by atoms with E-state index in [0.717, 1.165) is 18.4 Å². The number of halogens is 1. The minimum atomic E-state index is -0.0156. The number of amides is 1. The molecule has 1 atom stereocenters. The normalized spacial score (nSPS) is 12.2. The van der Waals surface area contributed by atoms with Gasteiger partial charge in [-0.05, 0) is 44.4 Å². The summed E-state index contributed by atoms with van der Waals surface area (Å²) in [5.74, 6) is -0.0156. The molecule has 17 heavy (non-hydrogen) atoms. The second-order valence-electron chi connectivity index (χ2n) is 4.40. The third-order valence-corrected chi connectivity index (χ3v) is 2.79. The number of nitrogens with two attached hydrogens (primary N) is 1. The van der Waals surface area contributed by atoms with E-state index in [9.17, 15) is 4.79 Å². The van der Waals surface area contributed by atoms with Crippen LogP contribution in [0, 0.1) is 6.92 Å². The molecule has 1 rings (SSSR count). The van der Waals surface area contributed by atoms with Crippen molar-refractivity contribution in [2.24, 2.45) is 5.73 Å². The molecule has 0 fully saturated rings. The van der Waals surface area contributed by atoms with Crippen LogP contribution in [0.1, 0.15) is 31.7 Å². The van der Waals surface area contributed by atoms with Crippen LogP contribution in [0.4, 0.5) is 5.69 Å². The SMILES string of the molecule is Cc1ccc(Cl)c(NC(=O)CCCC(C)N)c1. The molecule has 3 N–H and O–H groups in total. The van der Waals surface area contributed by atoms with Gasteiger partial charge >= 0.3 is 0 Å². The lowest BCUT2D eigenvalue weighted by Crippen LogP contribution is -2.17. The highest BCUT2D eigenvalue weighted by molar-refractivity contribution is 6.33. The first-order valence-electron chi connectivity index (χ1n) is 5.80. The number of hydrogen-bond acceptors (Lipinski definition) is 2. The van der Waals surface area contributed by atoms with Crippen LogP contribution in [0.5, 0.6) is 0 Å². The van der Waals surface area contributed by atoms with Gasteiger partial charge in [0.25, 0.3) is 0 Å². The summed E-state index contributed by atoms with van der Waals surface area (Å²) in [6, 6.07) is 5.71. The third-order valence-electron chi connectivity index (χ3n) is 2.46. The predicted octanol–water partition coefficient (Wildman–Crippen LogP) is 3.10. The minimum absolute atomic E-state index is 0.0156. The lowest BCUT2D eigenvalue weighted by molar-refractivity contribution is -0.116. The smallest absolute Gasteiger partial charge is 0.224 e. The molecule has 0 aliphatic carbocycles. The summed E-state index contributed by atoms with van der Waals surface area (Å²) in [7, 11) is 0. The van der Waals surface area contributed by atoms with Crippen molar-refractivity contribution in [1.29, 1.82) is 0 Å². The highest BCUT2D eigenvalue weighted by atomic mass is 35.5. The van der Waals surface area contributed by atoms with Crippen molar-refractivity contribution in [1.82, 2.24) is 0 Å². The quantitative estimate of drug-likeness (QED) is 0.848. The monoisotopic (exact) mass is 254 g/mol. The highest BCUT2D eigenvalue weighted by Crippen LogP contribution is 2.22. The fourth-order valence-corrected chi connectivity index (χ4v) is 1.70. The highest BCUT2D eigenvalue weighted by Gasteiger charge is 2.06. The van der Waals surface area contributed by atoms with Crippen molar-refractivity contribution < 1.29 is 4.79 Å². The van der Waals surface area contributed by atoms with E-state index in [4.69, 9.17) is 17.3 Å². The Morgan fingerprint density at radius 1 is 1.53 bits per heavy atom. The first-order valence-corrected chi connectivity index (χ1v) is 6.18. The molecule has 0 saturated heterocycles. The van der Waals surface area contributed by atoms with E-state index in [1.54, 1.807) is 6.07 Å². The van der Waals surface area contributed by atoms with Crippen LogP contribution in [0.2, 0.25) is 5.02 Å². The third kappa shape index (κ3) is 5.20. The molecule has 0 aliphatic rings. The molecule has 1 unspecified atom stereocenters. The number of carbonyl (C=O) groups is 1.